The highest BCUT2D eigenvalue weighted by Crippen LogP contribution is 2.14. The van der Waals surface area contributed by atoms with Crippen molar-refractivity contribution in [3.8, 4) is 0 Å². The van der Waals surface area contributed by atoms with Crippen LogP contribution in [-0.2, 0) is 27.9 Å². The van der Waals surface area contributed by atoms with E-state index >= 15 is 0 Å². The minimum Gasteiger partial charge on any atom is -0.372 e. The fraction of sp³-hybridized carbons (Fsp3) is 0.667. The maximum atomic E-state index is 12.4. The number of carbonyl (C=O) groups excluding carboxylic acids is 2. The van der Waals surface area contributed by atoms with Crippen LogP contribution in [0.1, 0.15) is 25.1 Å². The normalized spacial score (nSPS) is 19.1. The van der Waals surface area contributed by atoms with Gasteiger partial charge in [0.25, 0.3) is 5.91 Å². The van der Waals surface area contributed by atoms with Crippen molar-refractivity contribution in [2.75, 3.05) is 27.2 Å². The molecule has 2 rings (SSSR count). The minimum absolute atomic E-state index is 0.0845. The summed E-state index contributed by atoms with van der Waals surface area (Å²) < 4.78 is 7.10. The lowest BCUT2D eigenvalue weighted by Crippen LogP contribution is -2.45. The first-order valence-electron chi connectivity index (χ1n) is 7.54. The van der Waals surface area contributed by atoms with E-state index in [1.165, 1.54) is 0 Å². The van der Waals surface area contributed by atoms with Crippen molar-refractivity contribution in [3.05, 3.63) is 18.2 Å². The van der Waals surface area contributed by atoms with Gasteiger partial charge < -0.3 is 19.1 Å². The molecular formula is C15H24N4O3. The van der Waals surface area contributed by atoms with Crippen molar-refractivity contribution in [1.82, 2.24) is 19.4 Å². The van der Waals surface area contributed by atoms with E-state index in [0.29, 0.717) is 13.1 Å². The average molecular weight is 308 g/mol. The van der Waals surface area contributed by atoms with Crippen LogP contribution in [0.3, 0.4) is 0 Å². The molecule has 0 bridgehead atoms. The van der Waals surface area contributed by atoms with Crippen LogP contribution in [0, 0.1) is 0 Å². The number of aryl methyl sites for hydroxylation is 1. The number of likely N-dealkylation sites (N-methyl/N-ethyl adjacent to an activating group) is 1. The number of hydrogen-bond donors (Lipinski definition) is 0. The van der Waals surface area contributed by atoms with E-state index in [1.807, 2.05) is 17.8 Å². The smallest absolute Gasteiger partial charge is 0.252 e. The van der Waals surface area contributed by atoms with Gasteiger partial charge in [0, 0.05) is 40.1 Å². The molecule has 2 amide bonds. The molecule has 7 heteroatoms. The number of aromatic nitrogens is 2. The van der Waals surface area contributed by atoms with E-state index in [2.05, 4.69) is 4.98 Å². The number of amides is 2. The highest BCUT2D eigenvalue weighted by molar-refractivity contribution is 5.87. The highest BCUT2D eigenvalue weighted by atomic mass is 16.5. The number of likely N-dealkylation sites (tertiary alicyclic amines) is 1. The first-order valence-corrected chi connectivity index (χ1v) is 7.54. The van der Waals surface area contributed by atoms with Crippen LogP contribution in [-0.4, -0.2) is 64.5 Å². The molecule has 122 valence electrons. The number of imidazole rings is 1. The molecule has 1 aliphatic heterocycles. The monoisotopic (exact) mass is 308 g/mol. The summed E-state index contributed by atoms with van der Waals surface area (Å²) in [5.41, 5.74) is 0. The molecule has 7 nitrogen and oxygen atoms in total. The summed E-state index contributed by atoms with van der Waals surface area (Å²) in [5.74, 6) is 0.639. The SMILES string of the molecule is COC1CCCCN(CC(=O)N(C)Cc2nccn2C)C1=O. The van der Waals surface area contributed by atoms with E-state index in [1.54, 1.807) is 30.2 Å². The number of carbonyl (C=O) groups is 2. The van der Waals surface area contributed by atoms with E-state index in [0.717, 1.165) is 25.1 Å². The lowest BCUT2D eigenvalue weighted by Gasteiger charge is -2.25. The molecule has 0 aliphatic carbocycles. The molecule has 0 N–H and O–H groups in total. The Labute approximate surface area is 130 Å². The van der Waals surface area contributed by atoms with Crippen LogP contribution in [0.4, 0.5) is 0 Å². The summed E-state index contributed by atoms with van der Waals surface area (Å²) in [4.78, 5) is 32.1. The number of hydrogen-bond acceptors (Lipinski definition) is 4. The first kappa shape index (κ1) is 16.5. The van der Waals surface area contributed by atoms with Crippen molar-refractivity contribution in [2.45, 2.75) is 31.9 Å². The Bertz CT molecular complexity index is 529. The molecule has 2 heterocycles. The summed E-state index contributed by atoms with van der Waals surface area (Å²) in [6.45, 7) is 1.14. The molecule has 1 atom stereocenters. The number of methoxy groups -OCH3 is 1. The molecule has 1 aromatic rings. The topological polar surface area (TPSA) is 67.7 Å². The van der Waals surface area contributed by atoms with Crippen molar-refractivity contribution < 1.29 is 14.3 Å². The zero-order chi connectivity index (χ0) is 16.1. The van der Waals surface area contributed by atoms with Gasteiger partial charge in [-0.05, 0) is 19.3 Å². The Balaban J connectivity index is 1.95. The third-order valence-corrected chi connectivity index (χ3v) is 4.07. The van der Waals surface area contributed by atoms with Gasteiger partial charge in [-0.3, -0.25) is 9.59 Å². The van der Waals surface area contributed by atoms with Gasteiger partial charge in [-0.15, -0.1) is 0 Å². The highest BCUT2D eigenvalue weighted by Gasteiger charge is 2.28. The standard InChI is InChI=1S/C15H24N4O3/c1-17-9-7-16-13(17)10-18(2)14(20)11-19-8-5-4-6-12(22-3)15(19)21/h7,9,12H,4-6,8,10-11H2,1-3H3. The zero-order valence-corrected chi connectivity index (χ0v) is 13.5. The van der Waals surface area contributed by atoms with Crippen LogP contribution in [0.25, 0.3) is 0 Å². The molecule has 0 spiro atoms. The maximum Gasteiger partial charge on any atom is 0.252 e. The van der Waals surface area contributed by atoms with Gasteiger partial charge in [0.15, 0.2) is 0 Å². The molecule has 22 heavy (non-hydrogen) atoms. The van der Waals surface area contributed by atoms with Gasteiger partial charge in [0.2, 0.25) is 5.91 Å². The number of ether oxygens (including phenoxy) is 1. The Kier molecular flexibility index (Phi) is 5.54. The Morgan fingerprint density at radius 1 is 1.50 bits per heavy atom. The van der Waals surface area contributed by atoms with Crippen molar-refractivity contribution in [3.63, 3.8) is 0 Å². The minimum atomic E-state index is -0.421. The molecule has 0 radical (unpaired) electrons. The molecule has 1 saturated heterocycles. The summed E-state index contributed by atoms with van der Waals surface area (Å²) >= 11 is 0. The van der Waals surface area contributed by atoms with E-state index in [4.69, 9.17) is 4.74 Å². The van der Waals surface area contributed by atoms with Crippen molar-refractivity contribution in [1.29, 1.82) is 0 Å². The lowest BCUT2D eigenvalue weighted by atomic mass is 10.2. The molecule has 1 unspecified atom stereocenters. The quantitative estimate of drug-likeness (QED) is 0.790. The van der Waals surface area contributed by atoms with Crippen LogP contribution >= 0.6 is 0 Å². The van der Waals surface area contributed by atoms with Crippen molar-refractivity contribution in [2.24, 2.45) is 7.05 Å². The second-order valence-electron chi connectivity index (χ2n) is 5.68. The lowest BCUT2D eigenvalue weighted by molar-refractivity contribution is -0.146. The largest absolute Gasteiger partial charge is 0.372 e. The Morgan fingerprint density at radius 3 is 2.91 bits per heavy atom. The van der Waals surface area contributed by atoms with Crippen LogP contribution in [0.2, 0.25) is 0 Å². The van der Waals surface area contributed by atoms with Crippen LogP contribution < -0.4 is 0 Å². The molecular weight excluding hydrogens is 284 g/mol. The Hall–Kier alpha value is -1.89. The van der Waals surface area contributed by atoms with Gasteiger partial charge in [0.1, 0.15) is 11.9 Å². The van der Waals surface area contributed by atoms with Gasteiger partial charge in [0.05, 0.1) is 13.1 Å². The third kappa shape index (κ3) is 3.85. The van der Waals surface area contributed by atoms with Crippen molar-refractivity contribution >= 4 is 11.8 Å². The van der Waals surface area contributed by atoms with Crippen LogP contribution in [0.5, 0.6) is 0 Å². The second kappa shape index (κ2) is 7.40. The fourth-order valence-corrected chi connectivity index (χ4v) is 2.58. The molecule has 0 aromatic carbocycles. The molecule has 1 fully saturated rings. The summed E-state index contributed by atoms with van der Waals surface area (Å²) in [6, 6.07) is 0. The predicted octanol–water partition coefficient (Wildman–Crippen LogP) is 0.406. The van der Waals surface area contributed by atoms with Gasteiger partial charge >= 0.3 is 0 Å². The number of rotatable bonds is 5. The summed E-state index contributed by atoms with van der Waals surface area (Å²) in [5, 5.41) is 0. The Morgan fingerprint density at radius 2 is 2.27 bits per heavy atom. The second-order valence-corrected chi connectivity index (χ2v) is 5.68. The maximum absolute atomic E-state index is 12.4. The third-order valence-electron chi connectivity index (χ3n) is 4.07. The van der Waals surface area contributed by atoms with Gasteiger partial charge in [-0.2, -0.15) is 0 Å². The zero-order valence-electron chi connectivity index (χ0n) is 13.5. The summed E-state index contributed by atoms with van der Waals surface area (Å²) in [6.07, 6.45) is 5.70. The van der Waals surface area contributed by atoms with Gasteiger partial charge in [-0.1, -0.05) is 0 Å². The van der Waals surface area contributed by atoms with Gasteiger partial charge in [-0.25, -0.2) is 4.98 Å². The van der Waals surface area contributed by atoms with E-state index in [9.17, 15) is 9.59 Å². The molecule has 1 aromatic heterocycles. The molecule has 0 saturated carbocycles. The first-order chi connectivity index (χ1) is 10.5. The predicted molar refractivity (Wildman–Crippen MR) is 80.9 cm³/mol. The average Bonchev–Trinajstić information content (AvgIpc) is 2.81. The van der Waals surface area contributed by atoms with Crippen LogP contribution in [0.15, 0.2) is 12.4 Å². The summed E-state index contributed by atoms with van der Waals surface area (Å²) in [7, 11) is 5.16. The number of nitrogens with zero attached hydrogens (tertiary/aromatic N) is 4. The van der Waals surface area contributed by atoms with E-state index in [-0.39, 0.29) is 18.4 Å². The molecule has 1 aliphatic rings. The van der Waals surface area contributed by atoms with E-state index < -0.39 is 6.10 Å². The fourth-order valence-electron chi connectivity index (χ4n) is 2.58.